The highest BCUT2D eigenvalue weighted by molar-refractivity contribution is 7.99. The lowest BCUT2D eigenvalue weighted by Gasteiger charge is -2.09. The lowest BCUT2D eigenvalue weighted by Crippen LogP contribution is -2.23. The number of rotatable bonds is 8. The predicted molar refractivity (Wildman–Crippen MR) is 67.1 cm³/mol. The lowest BCUT2D eigenvalue weighted by molar-refractivity contribution is 0.505. The van der Waals surface area contributed by atoms with Gasteiger partial charge in [0.15, 0.2) is 0 Å². The molecule has 0 saturated carbocycles. The summed E-state index contributed by atoms with van der Waals surface area (Å²) in [4.78, 5) is 0. The van der Waals surface area contributed by atoms with Gasteiger partial charge >= 0.3 is 0 Å². The molecule has 0 aromatic carbocycles. The summed E-state index contributed by atoms with van der Waals surface area (Å²) in [5, 5.41) is 3.59. The summed E-state index contributed by atoms with van der Waals surface area (Å²) in [7, 11) is 0. The first kappa shape index (κ1) is 12.4. The van der Waals surface area contributed by atoms with Crippen LogP contribution in [0.2, 0.25) is 0 Å². The molecule has 1 saturated heterocycles. The van der Waals surface area contributed by atoms with Gasteiger partial charge in [-0.2, -0.15) is 11.8 Å². The molecule has 2 heteroatoms. The molecule has 0 bridgehead atoms. The quantitative estimate of drug-likeness (QED) is 0.624. The third-order valence-electron chi connectivity index (χ3n) is 2.91. The van der Waals surface area contributed by atoms with Crippen LogP contribution in [0.5, 0.6) is 0 Å². The molecular weight excluding hydrogens is 190 g/mol. The van der Waals surface area contributed by atoms with Gasteiger partial charge in [0.25, 0.3) is 0 Å². The van der Waals surface area contributed by atoms with Gasteiger partial charge in [-0.1, -0.05) is 32.6 Å². The van der Waals surface area contributed by atoms with E-state index in [1.54, 1.807) is 0 Å². The zero-order chi connectivity index (χ0) is 10.1. The van der Waals surface area contributed by atoms with Gasteiger partial charge in [0, 0.05) is 0 Å². The highest BCUT2D eigenvalue weighted by atomic mass is 32.2. The molecule has 1 unspecified atom stereocenters. The molecule has 1 N–H and O–H groups in total. The highest BCUT2D eigenvalue weighted by Gasteiger charge is 2.13. The van der Waals surface area contributed by atoms with Gasteiger partial charge in [0.1, 0.15) is 0 Å². The molecular formula is C12H25NS. The van der Waals surface area contributed by atoms with E-state index in [4.69, 9.17) is 0 Å². The van der Waals surface area contributed by atoms with Gasteiger partial charge in [-0.05, 0) is 43.4 Å². The maximum atomic E-state index is 3.59. The van der Waals surface area contributed by atoms with Crippen LogP contribution in [0.1, 0.15) is 45.4 Å². The fraction of sp³-hybridized carbons (Fsp3) is 1.00. The van der Waals surface area contributed by atoms with Crippen molar-refractivity contribution in [3.05, 3.63) is 0 Å². The number of hydrogen-bond acceptors (Lipinski definition) is 2. The van der Waals surface area contributed by atoms with Crippen molar-refractivity contribution in [1.82, 2.24) is 5.32 Å². The largest absolute Gasteiger partial charge is 0.316 e. The second-order valence-corrected chi connectivity index (χ2v) is 5.50. The topological polar surface area (TPSA) is 12.0 Å². The van der Waals surface area contributed by atoms with Crippen LogP contribution in [-0.2, 0) is 0 Å². The molecule has 14 heavy (non-hydrogen) atoms. The summed E-state index contributed by atoms with van der Waals surface area (Å²) < 4.78 is 0. The summed E-state index contributed by atoms with van der Waals surface area (Å²) in [6, 6.07) is 0. The Morgan fingerprint density at radius 3 is 2.79 bits per heavy atom. The van der Waals surface area contributed by atoms with Crippen LogP contribution in [0.25, 0.3) is 0 Å². The average Bonchev–Trinajstić information content (AvgIpc) is 2.69. The van der Waals surface area contributed by atoms with Crippen LogP contribution in [0.3, 0.4) is 0 Å². The highest BCUT2D eigenvalue weighted by Crippen LogP contribution is 2.22. The molecule has 0 aliphatic carbocycles. The van der Waals surface area contributed by atoms with Crippen molar-refractivity contribution in [3.63, 3.8) is 0 Å². The lowest BCUT2D eigenvalue weighted by atomic mass is 10.1. The van der Waals surface area contributed by atoms with Crippen LogP contribution in [-0.4, -0.2) is 24.6 Å². The SMILES string of the molecule is CCCCCCCNCC1CCSC1. The van der Waals surface area contributed by atoms with Crippen LogP contribution >= 0.6 is 11.8 Å². The summed E-state index contributed by atoms with van der Waals surface area (Å²) in [5.74, 6) is 3.75. The predicted octanol–water partition coefficient (Wildman–Crippen LogP) is 3.30. The Balaban J connectivity index is 1.75. The Bertz CT molecular complexity index is 121. The minimum absolute atomic E-state index is 0.968. The van der Waals surface area contributed by atoms with Crippen molar-refractivity contribution in [2.45, 2.75) is 45.4 Å². The monoisotopic (exact) mass is 215 g/mol. The minimum atomic E-state index is 0.968. The van der Waals surface area contributed by atoms with Crippen molar-refractivity contribution in [2.24, 2.45) is 5.92 Å². The third-order valence-corrected chi connectivity index (χ3v) is 4.15. The number of thioether (sulfide) groups is 1. The van der Waals surface area contributed by atoms with E-state index >= 15 is 0 Å². The first-order chi connectivity index (χ1) is 6.93. The standard InChI is InChI=1S/C12H25NS/c1-2-3-4-5-6-8-13-10-12-7-9-14-11-12/h12-13H,2-11H2,1H3. The van der Waals surface area contributed by atoms with E-state index in [1.807, 2.05) is 0 Å². The summed E-state index contributed by atoms with van der Waals surface area (Å²) in [6.45, 7) is 4.78. The molecule has 0 radical (unpaired) electrons. The van der Waals surface area contributed by atoms with Crippen molar-refractivity contribution < 1.29 is 0 Å². The fourth-order valence-corrected chi connectivity index (χ4v) is 3.19. The zero-order valence-electron chi connectivity index (χ0n) is 9.56. The Kier molecular flexibility index (Phi) is 7.61. The van der Waals surface area contributed by atoms with Crippen LogP contribution in [0, 0.1) is 5.92 Å². The first-order valence-corrected chi connectivity index (χ1v) is 7.37. The molecule has 0 aromatic heterocycles. The van der Waals surface area contributed by atoms with Gasteiger partial charge in [-0.3, -0.25) is 0 Å². The van der Waals surface area contributed by atoms with E-state index < -0.39 is 0 Å². The summed E-state index contributed by atoms with van der Waals surface area (Å²) >= 11 is 2.12. The van der Waals surface area contributed by atoms with Crippen LogP contribution in [0.15, 0.2) is 0 Å². The molecule has 1 atom stereocenters. The molecule has 1 aliphatic rings. The van der Waals surface area contributed by atoms with Gasteiger partial charge in [-0.25, -0.2) is 0 Å². The molecule has 0 amide bonds. The van der Waals surface area contributed by atoms with Gasteiger partial charge in [-0.15, -0.1) is 0 Å². The van der Waals surface area contributed by atoms with Crippen LogP contribution < -0.4 is 5.32 Å². The Hall–Kier alpha value is 0.310. The molecule has 84 valence electrons. The smallest absolute Gasteiger partial charge is 0.00123 e. The van der Waals surface area contributed by atoms with Crippen molar-refractivity contribution in [2.75, 3.05) is 24.6 Å². The molecule has 1 fully saturated rings. The molecule has 1 nitrogen and oxygen atoms in total. The second kappa shape index (κ2) is 8.60. The summed E-state index contributed by atoms with van der Waals surface area (Å²) in [5.41, 5.74) is 0. The fourth-order valence-electron chi connectivity index (χ4n) is 1.90. The molecule has 1 heterocycles. The second-order valence-electron chi connectivity index (χ2n) is 4.35. The molecule has 1 aliphatic heterocycles. The molecule has 0 spiro atoms. The molecule has 1 rings (SSSR count). The average molecular weight is 215 g/mol. The Labute approximate surface area is 93.4 Å². The van der Waals surface area contributed by atoms with Gasteiger partial charge < -0.3 is 5.32 Å². The number of nitrogens with one attached hydrogen (secondary N) is 1. The normalized spacial score (nSPS) is 21.6. The van der Waals surface area contributed by atoms with E-state index in [9.17, 15) is 0 Å². The van der Waals surface area contributed by atoms with Gasteiger partial charge in [0.05, 0.1) is 0 Å². The maximum Gasteiger partial charge on any atom is -0.00123 e. The Morgan fingerprint density at radius 1 is 1.21 bits per heavy atom. The number of hydrogen-bond donors (Lipinski definition) is 1. The van der Waals surface area contributed by atoms with E-state index in [1.165, 1.54) is 63.1 Å². The van der Waals surface area contributed by atoms with Crippen LogP contribution in [0.4, 0.5) is 0 Å². The Morgan fingerprint density at radius 2 is 2.07 bits per heavy atom. The van der Waals surface area contributed by atoms with Crippen molar-refractivity contribution in [1.29, 1.82) is 0 Å². The van der Waals surface area contributed by atoms with E-state index in [0.717, 1.165) is 5.92 Å². The summed E-state index contributed by atoms with van der Waals surface area (Å²) in [6.07, 6.45) is 8.43. The first-order valence-electron chi connectivity index (χ1n) is 6.22. The zero-order valence-corrected chi connectivity index (χ0v) is 10.4. The van der Waals surface area contributed by atoms with Crippen molar-refractivity contribution >= 4 is 11.8 Å². The minimum Gasteiger partial charge on any atom is -0.316 e. The van der Waals surface area contributed by atoms with E-state index in [0.29, 0.717) is 0 Å². The van der Waals surface area contributed by atoms with Gasteiger partial charge in [0.2, 0.25) is 0 Å². The van der Waals surface area contributed by atoms with E-state index in [-0.39, 0.29) is 0 Å². The maximum absolute atomic E-state index is 3.59. The number of unbranched alkanes of at least 4 members (excludes halogenated alkanes) is 4. The van der Waals surface area contributed by atoms with Crippen molar-refractivity contribution in [3.8, 4) is 0 Å². The molecule has 0 aromatic rings. The third kappa shape index (κ3) is 5.92. The van der Waals surface area contributed by atoms with E-state index in [2.05, 4.69) is 24.0 Å².